The summed E-state index contributed by atoms with van der Waals surface area (Å²) in [5.41, 5.74) is -0.644. The molecule has 2 amide bonds. The summed E-state index contributed by atoms with van der Waals surface area (Å²) < 4.78 is 78.2. The molecule has 32 heavy (non-hydrogen) atoms. The van der Waals surface area contributed by atoms with Crippen LogP contribution < -0.4 is 15.4 Å². The number of nitrogens with one attached hydrogen (secondary N) is 3. The van der Waals surface area contributed by atoms with E-state index in [2.05, 4.69) is 15.4 Å². The zero-order valence-corrected chi connectivity index (χ0v) is 18.1. The van der Waals surface area contributed by atoms with Gasteiger partial charge in [-0.05, 0) is 69.0 Å². The van der Waals surface area contributed by atoms with Crippen LogP contribution in [-0.4, -0.2) is 26.5 Å². The van der Waals surface area contributed by atoms with Crippen molar-refractivity contribution in [1.82, 2.24) is 15.4 Å². The van der Waals surface area contributed by atoms with E-state index in [4.69, 9.17) is 0 Å². The van der Waals surface area contributed by atoms with E-state index >= 15 is 0 Å². The highest BCUT2D eigenvalue weighted by Crippen LogP contribution is 2.30. The molecule has 3 N–H and O–H groups in total. The highest BCUT2D eigenvalue weighted by molar-refractivity contribution is 7.89. The number of carbonyl (C=O) groups excluding carboxylic acids is 1. The van der Waals surface area contributed by atoms with Crippen LogP contribution >= 0.6 is 0 Å². The minimum absolute atomic E-state index is 0.201. The van der Waals surface area contributed by atoms with E-state index in [0.717, 1.165) is 24.3 Å². The maximum Gasteiger partial charge on any atom is 0.416 e. The second-order valence-electron chi connectivity index (χ2n) is 7.23. The molecular formula is C21H25F4N3O3S. The predicted octanol–water partition coefficient (Wildman–Crippen LogP) is 4.54. The molecule has 1 aliphatic carbocycles. The number of sulfonamides is 1. The number of urea groups is 1. The first-order chi connectivity index (χ1) is 15.0. The number of rotatable bonds is 7. The number of carbonyl (C=O) groups is 1. The molecule has 0 atom stereocenters. The van der Waals surface area contributed by atoms with Crippen molar-refractivity contribution < 1.29 is 30.8 Å². The number of hydrogen-bond donors (Lipinski definition) is 3. The average Bonchev–Trinajstić information content (AvgIpc) is 2.73. The van der Waals surface area contributed by atoms with Gasteiger partial charge in [0.05, 0.1) is 16.8 Å². The number of halogens is 4. The molecule has 1 aliphatic rings. The van der Waals surface area contributed by atoms with Crippen molar-refractivity contribution in [2.45, 2.75) is 55.8 Å². The van der Waals surface area contributed by atoms with Crippen LogP contribution in [0.15, 0.2) is 65.5 Å². The Morgan fingerprint density at radius 3 is 2.38 bits per heavy atom. The molecule has 6 nitrogen and oxygen atoms in total. The number of benzene rings is 1. The summed E-state index contributed by atoms with van der Waals surface area (Å²) >= 11 is 0. The molecule has 1 aromatic carbocycles. The van der Waals surface area contributed by atoms with Crippen molar-refractivity contribution in [3.63, 3.8) is 0 Å². The third-order valence-corrected chi connectivity index (χ3v) is 6.33. The summed E-state index contributed by atoms with van der Waals surface area (Å²) in [6.07, 6.45) is 3.28. The largest absolute Gasteiger partial charge is 0.416 e. The maximum absolute atomic E-state index is 12.9. The van der Waals surface area contributed by atoms with Gasteiger partial charge in [-0.3, -0.25) is 0 Å². The van der Waals surface area contributed by atoms with Gasteiger partial charge < -0.3 is 10.6 Å². The summed E-state index contributed by atoms with van der Waals surface area (Å²) in [5, 5.41) is 5.37. The number of hydrogen-bond acceptors (Lipinski definition) is 3. The Balaban J connectivity index is 1.91. The van der Waals surface area contributed by atoms with Crippen molar-refractivity contribution >= 4 is 16.1 Å². The lowest BCUT2D eigenvalue weighted by Gasteiger charge is -2.29. The van der Waals surface area contributed by atoms with Crippen molar-refractivity contribution in [2.24, 2.45) is 0 Å². The molecular weight excluding hydrogens is 450 g/mol. The first kappa shape index (κ1) is 25.6. The van der Waals surface area contributed by atoms with Gasteiger partial charge in [0, 0.05) is 17.8 Å². The van der Waals surface area contributed by atoms with Crippen molar-refractivity contribution in [2.75, 3.05) is 0 Å². The van der Waals surface area contributed by atoms with Gasteiger partial charge in [0.2, 0.25) is 10.0 Å². The van der Waals surface area contributed by atoms with E-state index in [0.29, 0.717) is 43.8 Å². The molecule has 1 aromatic rings. The van der Waals surface area contributed by atoms with E-state index in [1.807, 2.05) is 0 Å². The van der Waals surface area contributed by atoms with E-state index in [9.17, 15) is 30.8 Å². The Kier molecular flexibility index (Phi) is 9.02. The van der Waals surface area contributed by atoms with Crippen LogP contribution in [0.4, 0.5) is 22.4 Å². The summed E-state index contributed by atoms with van der Waals surface area (Å²) in [6, 6.07) is 2.45. The van der Waals surface area contributed by atoms with Gasteiger partial charge >= 0.3 is 12.2 Å². The first-order valence-electron chi connectivity index (χ1n) is 9.92. The summed E-state index contributed by atoms with van der Waals surface area (Å²) in [4.78, 5) is 11.7. The molecule has 2 rings (SSSR count). The second-order valence-corrected chi connectivity index (χ2v) is 8.95. The molecule has 0 bridgehead atoms. The van der Waals surface area contributed by atoms with E-state index in [1.54, 1.807) is 19.1 Å². The summed E-state index contributed by atoms with van der Waals surface area (Å²) in [6.45, 7) is 1.74. The van der Waals surface area contributed by atoms with Gasteiger partial charge in [0.15, 0.2) is 0 Å². The topological polar surface area (TPSA) is 87.3 Å². The predicted molar refractivity (Wildman–Crippen MR) is 113 cm³/mol. The van der Waals surface area contributed by atoms with Crippen molar-refractivity contribution in [3.05, 3.63) is 66.2 Å². The highest BCUT2D eigenvalue weighted by atomic mass is 32.2. The SMILES string of the molecule is C\C=C/C(=C\C=C\F)NC(=O)NC1CCC(NS(=O)(=O)c2cccc(C(F)(F)F)c2)CC1. The van der Waals surface area contributed by atoms with Crippen LogP contribution in [-0.2, 0) is 16.2 Å². The molecule has 1 fully saturated rings. The fourth-order valence-corrected chi connectivity index (χ4v) is 4.64. The van der Waals surface area contributed by atoms with Gasteiger partial charge in [-0.2, -0.15) is 13.2 Å². The standard InChI is InChI=1S/C21H25F4N3O3S/c1-2-5-16(7-4-13-22)26-20(29)27-17-9-11-18(12-10-17)28-32(30,31)19-8-3-6-15(14-19)21(23,24)25/h2-8,13-14,17-18,28H,9-12H2,1H3,(H2,26,27,29)/b5-2-,13-4+,16-7+. The smallest absolute Gasteiger partial charge is 0.335 e. The molecule has 0 saturated heterocycles. The van der Waals surface area contributed by atoms with Gasteiger partial charge in [-0.1, -0.05) is 12.1 Å². The van der Waals surface area contributed by atoms with Crippen LogP contribution in [0.2, 0.25) is 0 Å². The van der Waals surface area contributed by atoms with E-state index in [-0.39, 0.29) is 6.04 Å². The minimum Gasteiger partial charge on any atom is -0.335 e. The Labute approximate surface area is 184 Å². The van der Waals surface area contributed by atoms with Gasteiger partial charge in [-0.25, -0.2) is 22.3 Å². The number of allylic oxidation sites excluding steroid dienone is 4. The van der Waals surface area contributed by atoms with Gasteiger partial charge in [-0.15, -0.1) is 0 Å². The lowest BCUT2D eigenvalue weighted by Crippen LogP contribution is -2.46. The lowest BCUT2D eigenvalue weighted by atomic mass is 9.92. The Hall–Kier alpha value is -2.66. The Morgan fingerprint density at radius 1 is 1.12 bits per heavy atom. The molecule has 1 saturated carbocycles. The quantitative estimate of drug-likeness (QED) is 0.400. The molecule has 11 heteroatoms. The minimum atomic E-state index is -4.64. The highest BCUT2D eigenvalue weighted by Gasteiger charge is 2.32. The fourth-order valence-electron chi connectivity index (χ4n) is 3.29. The molecule has 0 heterocycles. The second kappa shape index (κ2) is 11.3. The normalized spacial score (nSPS) is 20.6. The third-order valence-electron chi connectivity index (χ3n) is 4.81. The van der Waals surface area contributed by atoms with E-state index < -0.39 is 38.7 Å². The molecule has 0 radical (unpaired) electrons. The zero-order valence-electron chi connectivity index (χ0n) is 17.3. The zero-order chi connectivity index (χ0) is 23.8. The summed E-state index contributed by atoms with van der Waals surface area (Å²) in [7, 11) is -4.12. The lowest BCUT2D eigenvalue weighted by molar-refractivity contribution is -0.137. The van der Waals surface area contributed by atoms with Gasteiger partial charge in [0.1, 0.15) is 0 Å². The van der Waals surface area contributed by atoms with Crippen LogP contribution in [0.1, 0.15) is 38.2 Å². The third kappa shape index (κ3) is 7.79. The van der Waals surface area contributed by atoms with Gasteiger partial charge in [0.25, 0.3) is 0 Å². The fraction of sp³-hybridized carbons (Fsp3) is 0.381. The average molecular weight is 476 g/mol. The van der Waals surface area contributed by atoms with Crippen LogP contribution in [0, 0.1) is 0 Å². The first-order valence-corrected chi connectivity index (χ1v) is 11.4. The Morgan fingerprint density at radius 2 is 1.78 bits per heavy atom. The monoisotopic (exact) mass is 475 g/mol. The van der Waals surface area contributed by atoms with Crippen LogP contribution in [0.25, 0.3) is 0 Å². The molecule has 0 unspecified atom stereocenters. The molecule has 0 spiro atoms. The summed E-state index contributed by atoms with van der Waals surface area (Å²) in [5.74, 6) is 0. The van der Waals surface area contributed by atoms with Crippen molar-refractivity contribution in [3.8, 4) is 0 Å². The molecule has 176 valence electrons. The van der Waals surface area contributed by atoms with Crippen LogP contribution in [0.5, 0.6) is 0 Å². The number of amides is 2. The maximum atomic E-state index is 12.9. The number of alkyl halides is 3. The van der Waals surface area contributed by atoms with E-state index in [1.165, 1.54) is 6.08 Å². The van der Waals surface area contributed by atoms with Crippen molar-refractivity contribution in [1.29, 1.82) is 0 Å². The molecule has 0 aliphatic heterocycles. The van der Waals surface area contributed by atoms with Crippen LogP contribution in [0.3, 0.4) is 0 Å². The molecule has 0 aromatic heterocycles. The Bertz CT molecular complexity index is 980.